The molecule has 3 aromatic rings. The standard InChI is InChI=1S/C18H18N2O2S/c1-13-7-8-15-16(11-13)23-18(19-15)20-17(21)9-10-22-12-14-5-3-2-4-6-14/h2-8,11H,9-10,12H2,1H3,(H,19,20,21). The number of aromatic nitrogens is 1. The summed E-state index contributed by atoms with van der Waals surface area (Å²) in [5, 5.41) is 3.48. The Labute approximate surface area is 139 Å². The Morgan fingerprint density at radius 1 is 1.22 bits per heavy atom. The van der Waals surface area contributed by atoms with Gasteiger partial charge in [-0.05, 0) is 30.2 Å². The van der Waals surface area contributed by atoms with Crippen LogP contribution < -0.4 is 5.32 Å². The van der Waals surface area contributed by atoms with Gasteiger partial charge in [0.1, 0.15) is 0 Å². The van der Waals surface area contributed by atoms with E-state index in [-0.39, 0.29) is 5.91 Å². The number of fused-ring (bicyclic) bond motifs is 1. The summed E-state index contributed by atoms with van der Waals surface area (Å²) in [5.41, 5.74) is 3.21. The lowest BCUT2D eigenvalue weighted by atomic mass is 10.2. The van der Waals surface area contributed by atoms with Crippen LogP contribution in [0.15, 0.2) is 48.5 Å². The minimum atomic E-state index is -0.0751. The van der Waals surface area contributed by atoms with Gasteiger partial charge in [0.2, 0.25) is 5.91 Å². The van der Waals surface area contributed by atoms with Crippen LogP contribution in [-0.4, -0.2) is 17.5 Å². The van der Waals surface area contributed by atoms with Gasteiger partial charge in [-0.15, -0.1) is 0 Å². The molecule has 118 valence electrons. The third kappa shape index (κ3) is 4.37. The number of nitrogens with zero attached hydrogens (tertiary/aromatic N) is 1. The van der Waals surface area contributed by atoms with E-state index < -0.39 is 0 Å². The molecule has 1 amide bonds. The van der Waals surface area contributed by atoms with Crippen molar-refractivity contribution in [3.63, 3.8) is 0 Å². The number of nitrogens with one attached hydrogen (secondary N) is 1. The lowest BCUT2D eigenvalue weighted by Crippen LogP contribution is -2.13. The number of hydrogen-bond donors (Lipinski definition) is 1. The monoisotopic (exact) mass is 326 g/mol. The second-order valence-corrected chi connectivity index (χ2v) is 6.36. The average molecular weight is 326 g/mol. The molecule has 0 aliphatic rings. The van der Waals surface area contributed by atoms with Crippen molar-refractivity contribution in [3.05, 3.63) is 59.7 Å². The first-order valence-corrected chi connectivity index (χ1v) is 8.31. The molecule has 0 saturated heterocycles. The minimum absolute atomic E-state index is 0.0751. The zero-order valence-electron chi connectivity index (χ0n) is 12.9. The number of rotatable bonds is 6. The summed E-state index contributed by atoms with van der Waals surface area (Å²) < 4.78 is 6.61. The first-order valence-electron chi connectivity index (χ1n) is 7.49. The lowest BCUT2D eigenvalue weighted by Gasteiger charge is -2.04. The molecule has 0 fully saturated rings. The first kappa shape index (κ1) is 15.6. The molecule has 0 aliphatic heterocycles. The zero-order valence-corrected chi connectivity index (χ0v) is 13.7. The second-order valence-electron chi connectivity index (χ2n) is 5.33. The zero-order chi connectivity index (χ0) is 16.1. The summed E-state index contributed by atoms with van der Waals surface area (Å²) in [5.74, 6) is -0.0751. The molecule has 0 unspecified atom stereocenters. The van der Waals surface area contributed by atoms with E-state index in [1.807, 2.05) is 49.4 Å². The van der Waals surface area contributed by atoms with Crippen molar-refractivity contribution >= 4 is 32.6 Å². The molecule has 5 heteroatoms. The van der Waals surface area contributed by atoms with E-state index in [0.717, 1.165) is 15.8 Å². The number of anilines is 1. The number of amides is 1. The van der Waals surface area contributed by atoms with Crippen LogP contribution in [0.3, 0.4) is 0 Å². The third-order valence-corrected chi connectivity index (χ3v) is 4.31. The van der Waals surface area contributed by atoms with Gasteiger partial charge in [0.15, 0.2) is 5.13 Å². The number of hydrogen-bond acceptors (Lipinski definition) is 4. The molecule has 0 saturated carbocycles. The largest absolute Gasteiger partial charge is 0.376 e. The Balaban J connectivity index is 1.46. The average Bonchev–Trinajstić information content (AvgIpc) is 2.94. The highest BCUT2D eigenvalue weighted by Crippen LogP contribution is 2.26. The van der Waals surface area contributed by atoms with Gasteiger partial charge < -0.3 is 10.1 Å². The van der Waals surface area contributed by atoms with E-state index in [9.17, 15) is 4.79 Å². The lowest BCUT2D eigenvalue weighted by molar-refractivity contribution is -0.117. The predicted molar refractivity (Wildman–Crippen MR) is 93.7 cm³/mol. The number of carbonyl (C=O) groups excluding carboxylic acids is 1. The SMILES string of the molecule is Cc1ccc2nc(NC(=O)CCOCc3ccccc3)sc2c1. The van der Waals surface area contributed by atoms with Crippen molar-refractivity contribution in [2.45, 2.75) is 20.0 Å². The number of benzene rings is 2. The van der Waals surface area contributed by atoms with Crippen molar-refractivity contribution in [1.29, 1.82) is 0 Å². The summed E-state index contributed by atoms with van der Waals surface area (Å²) in [6.07, 6.45) is 0.321. The van der Waals surface area contributed by atoms with E-state index in [1.54, 1.807) is 0 Å². The smallest absolute Gasteiger partial charge is 0.228 e. The summed E-state index contributed by atoms with van der Waals surface area (Å²) in [4.78, 5) is 16.4. The van der Waals surface area contributed by atoms with Crippen LogP contribution in [0, 0.1) is 6.92 Å². The minimum Gasteiger partial charge on any atom is -0.376 e. The summed E-state index contributed by atoms with van der Waals surface area (Å²) in [7, 11) is 0. The van der Waals surface area contributed by atoms with Gasteiger partial charge in [-0.25, -0.2) is 4.98 Å². The van der Waals surface area contributed by atoms with Crippen molar-refractivity contribution < 1.29 is 9.53 Å². The Morgan fingerprint density at radius 2 is 2.04 bits per heavy atom. The quantitative estimate of drug-likeness (QED) is 0.692. The maximum Gasteiger partial charge on any atom is 0.228 e. The van der Waals surface area contributed by atoms with Crippen LogP contribution in [0.1, 0.15) is 17.5 Å². The molecule has 0 atom stereocenters. The van der Waals surface area contributed by atoms with Crippen molar-refractivity contribution in [1.82, 2.24) is 4.98 Å². The second kappa shape index (κ2) is 7.35. The molecular weight excluding hydrogens is 308 g/mol. The normalized spacial score (nSPS) is 10.8. The van der Waals surface area contributed by atoms with Gasteiger partial charge >= 0.3 is 0 Å². The molecule has 23 heavy (non-hydrogen) atoms. The predicted octanol–water partition coefficient (Wildman–Crippen LogP) is 4.15. The van der Waals surface area contributed by atoms with Crippen LogP contribution in [0.25, 0.3) is 10.2 Å². The van der Waals surface area contributed by atoms with Crippen LogP contribution >= 0.6 is 11.3 Å². The molecule has 0 bridgehead atoms. The fourth-order valence-electron chi connectivity index (χ4n) is 2.20. The highest BCUT2D eigenvalue weighted by molar-refractivity contribution is 7.22. The Kier molecular flexibility index (Phi) is 5.00. The Hall–Kier alpha value is -2.24. The van der Waals surface area contributed by atoms with Gasteiger partial charge in [-0.2, -0.15) is 0 Å². The fourth-order valence-corrected chi connectivity index (χ4v) is 3.18. The number of carbonyl (C=O) groups is 1. The Morgan fingerprint density at radius 3 is 2.87 bits per heavy atom. The number of ether oxygens (including phenoxy) is 1. The topological polar surface area (TPSA) is 51.2 Å². The van der Waals surface area contributed by atoms with E-state index in [0.29, 0.717) is 24.8 Å². The van der Waals surface area contributed by atoms with E-state index >= 15 is 0 Å². The Bertz CT molecular complexity index is 799. The van der Waals surface area contributed by atoms with E-state index in [4.69, 9.17) is 4.74 Å². The van der Waals surface area contributed by atoms with Crippen LogP contribution in [0.2, 0.25) is 0 Å². The number of thiazole rings is 1. The van der Waals surface area contributed by atoms with E-state index in [1.165, 1.54) is 16.9 Å². The molecule has 2 aromatic carbocycles. The number of aryl methyl sites for hydroxylation is 1. The summed E-state index contributed by atoms with van der Waals surface area (Å²) in [6.45, 7) is 2.96. The molecule has 0 aliphatic carbocycles. The molecule has 0 spiro atoms. The molecule has 4 nitrogen and oxygen atoms in total. The molecule has 1 aromatic heterocycles. The van der Waals surface area contributed by atoms with Gasteiger partial charge in [-0.1, -0.05) is 47.7 Å². The highest BCUT2D eigenvalue weighted by Gasteiger charge is 2.08. The van der Waals surface area contributed by atoms with Crippen LogP contribution in [-0.2, 0) is 16.1 Å². The fraction of sp³-hybridized carbons (Fsp3) is 0.222. The molecule has 1 heterocycles. The van der Waals surface area contributed by atoms with Crippen LogP contribution in [0.5, 0.6) is 0 Å². The van der Waals surface area contributed by atoms with Gasteiger partial charge in [0.25, 0.3) is 0 Å². The van der Waals surface area contributed by atoms with Crippen molar-refractivity contribution in [3.8, 4) is 0 Å². The molecular formula is C18H18N2O2S. The van der Waals surface area contributed by atoms with Crippen LogP contribution in [0.4, 0.5) is 5.13 Å². The van der Waals surface area contributed by atoms with Crippen molar-refractivity contribution in [2.75, 3.05) is 11.9 Å². The van der Waals surface area contributed by atoms with Gasteiger partial charge in [0, 0.05) is 0 Å². The molecule has 0 radical (unpaired) electrons. The molecule has 3 rings (SSSR count). The van der Waals surface area contributed by atoms with Crippen molar-refractivity contribution in [2.24, 2.45) is 0 Å². The maximum absolute atomic E-state index is 11.9. The first-order chi connectivity index (χ1) is 11.2. The molecule has 1 N–H and O–H groups in total. The summed E-state index contributed by atoms with van der Waals surface area (Å²) >= 11 is 1.49. The summed E-state index contributed by atoms with van der Waals surface area (Å²) in [6, 6.07) is 16.0. The van der Waals surface area contributed by atoms with Gasteiger partial charge in [0.05, 0.1) is 29.9 Å². The highest BCUT2D eigenvalue weighted by atomic mass is 32.1. The maximum atomic E-state index is 11.9. The third-order valence-electron chi connectivity index (χ3n) is 3.38. The van der Waals surface area contributed by atoms with E-state index in [2.05, 4.69) is 16.4 Å². The van der Waals surface area contributed by atoms with Gasteiger partial charge in [-0.3, -0.25) is 4.79 Å².